The first-order valence-corrected chi connectivity index (χ1v) is 7.12. The highest BCUT2D eigenvalue weighted by Crippen LogP contribution is 2.21. The van der Waals surface area contributed by atoms with Crippen LogP contribution < -0.4 is 5.32 Å². The number of non-ortho nitro benzene ring substituents is 1. The molecule has 0 heterocycles. The Morgan fingerprint density at radius 2 is 2.14 bits per heavy atom. The van der Waals surface area contributed by atoms with Gasteiger partial charge in [-0.2, -0.15) is 0 Å². The second-order valence-corrected chi connectivity index (χ2v) is 5.93. The Labute approximate surface area is 130 Å². The van der Waals surface area contributed by atoms with E-state index in [0.717, 1.165) is 0 Å². The van der Waals surface area contributed by atoms with Gasteiger partial charge in [0.15, 0.2) is 0 Å². The summed E-state index contributed by atoms with van der Waals surface area (Å²) in [6.07, 6.45) is 0.600. The minimum absolute atomic E-state index is 0.00459. The molecule has 0 aliphatic carbocycles. The third kappa shape index (κ3) is 5.33. The van der Waals surface area contributed by atoms with E-state index in [4.69, 9.17) is 0 Å². The number of nitro benzene ring substituents is 1. The average Bonchev–Trinajstić information content (AvgIpc) is 2.42. The highest BCUT2D eigenvalue weighted by Gasteiger charge is 2.22. The maximum atomic E-state index is 12.2. The zero-order valence-corrected chi connectivity index (χ0v) is 13.4. The van der Waals surface area contributed by atoms with Crippen molar-refractivity contribution in [1.82, 2.24) is 10.2 Å². The van der Waals surface area contributed by atoms with Crippen LogP contribution >= 0.6 is 0 Å². The fourth-order valence-corrected chi connectivity index (χ4v) is 2.19. The van der Waals surface area contributed by atoms with Gasteiger partial charge in [0.05, 0.1) is 23.1 Å². The summed E-state index contributed by atoms with van der Waals surface area (Å²) in [6, 6.07) is 5.57. The molecular formula is C15H23N3O4. The van der Waals surface area contributed by atoms with Gasteiger partial charge in [-0.25, -0.2) is 4.79 Å². The maximum Gasteiger partial charge on any atom is 0.317 e. The van der Waals surface area contributed by atoms with E-state index in [2.05, 4.69) is 5.32 Å². The molecule has 0 saturated carbocycles. The number of rotatable bonds is 6. The quantitative estimate of drug-likeness (QED) is 0.623. The van der Waals surface area contributed by atoms with E-state index in [9.17, 15) is 20.0 Å². The lowest BCUT2D eigenvalue weighted by molar-refractivity contribution is -0.384. The van der Waals surface area contributed by atoms with Crippen molar-refractivity contribution >= 4 is 11.7 Å². The summed E-state index contributed by atoms with van der Waals surface area (Å²) in [4.78, 5) is 23.9. The van der Waals surface area contributed by atoms with E-state index in [-0.39, 0.29) is 24.3 Å². The van der Waals surface area contributed by atoms with E-state index < -0.39 is 10.5 Å². The topological polar surface area (TPSA) is 95.7 Å². The molecule has 0 bridgehead atoms. The number of likely N-dealkylation sites (N-methyl/N-ethyl adjacent to an activating group) is 1. The molecule has 0 fully saturated rings. The number of urea groups is 1. The van der Waals surface area contributed by atoms with Crippen molar-refractivity contribution in [3.63, 3.8) is 0 Å². The van der Waals surface area contributed by atoms with Crippen molar-refractivity contribution < 1.29 is 14.8 Å². The largest absolute Gasteiger partial charge is 0.389 e. The lowest BCUT2D eigenvalue weighted by atomic mass is 10.0. The van der Waals surface area contributed by atoms with Crippen LogP contribution in [0.3, 0.4) is 0 Å². The maximum absolute atomic E-state index is 12.2. The van der Waals surface area contributed by atoms with Gasteiger partial charge in [-0.1, -0.05) is 19.1 Å². The van der Waals surface area contributed by atoms with Crippen LogP contribution in [0.4, 0.5) is 10.5 Å². The molecule has 1 aromatic carbocycles. The van der Waals surface area contributed by atoms with E-state index >= 15 is 0 Å². The van der Waals surface area contributed by atoms with Crippen LogP contribution in [0, 0.1) is 10.1 Å². The molecule has 2 N–H and O–H groups in total. The second-order valence-electron chi connectivity index (χ2n) is 5.93. The van der Waals surface area contributed by atoms with Crippen molar-refractivity contribution in [2.45, 2.75) is 38.8 Å². The zero-order chi connectivity index (χ0) is 16.9. The fraction of sp³-hybridized carbons (Fsp3) is 0.533. The number of aliphatic hydroxyl groups is 1. The van der Waals surface area contributed by atoms with Gasteiger partial charge in [0.25, 0.3) is 5.69 Å². The summed E-state index contributed by atoms with van der Waals surface area (Å²) in [5, 5.41) is 23.4. The van der Waals surface area contributed by atoms with E-state index in [1.54, 1.807) is 33.0 Å². The Morgan fingerprint density at radius 1 is 1.50 bits per heavy atom. The van der Waals surface area contributed by atoms with E-state index in [0.29, 0.717) is 12.0 Å². The molecule has 0 saturated heterocycles. The van der Waals surface area contributed by atoms with Crippen LogP contribution in [-0.4, -0.2) is 40.2 Å². The molecule has 122 valence electrons. The molecule has 1 unspecified atom stereocenters. The zero-order valence-electron chi connectivity index (χ0n) is 13.4. The van der Waals surface area contributed by atoms with Gasteiger partial charge in [0.1, 0.15) is 0 Å². The normalized spacial score (nSPS) is 12.6. The Kier molecular flexibility index (Phi) is 5.87. The molecule has 0 aromatic heterocycles. The van der Waals surface area contributed by atoms with Crippen LogP contribution in [0.2, 0.25) is 0 Å². The lowest BCUT2D eigenvalue weighted by Gasteiger charge is -2.28. The van der Waals surface area contributed by atoms with Gasteiger partial charge in [0, 0.05) is 19.2 Å². The van der Waals surface area contributed by atoms with Gasteiger partial charge < -0.3 is 15.3 Å². The van der Waals surface area contributed by atoms with Crippen LogP contribution in [0.15, 0.2) is 24.3 Å². The van der Waals surface area contributed by atoms with Crippen molar-refractivity contribution in [1.29, 1.82) is 0 Å². The SMILES string of the molecule is CCC(NC(=O)N(C)CC(C)(C)O)c1cccc([N+](=O)[O-])c1. The number of hydrogen-bond donors (Lipinski definition) is 2. The number of nitro groups is 1. The number of benzene rings is 1. The molecule has 7 heteroatoms. The molecule has 1 aromatic rings. The first-order valence-electron chi connectivity index (χ1n) is 7.12. The molecule has 0 aliphatic heterocycles. The first-order chi connectivity index (χ1) is 10.1. The summed E-state index contributed by atoms with van der Waals surface area (Å²) in [7, 11) is 1.59. The minimum atomic E-state index is -0.987. The van der Waals surface area contributed by atoms with Crippen LogP contribution in [0.5, 0.6) is 0 Å². The van der Waals surface area contributed by atoms with Crippen LogP contribution in [0.25, 0.3) is 0 Å². The summed E-state index contributed by atoms with van der Waals surface area (Å²) < 4.78 is 0. The predicted molar refractivity (Wildman–Crippen MR) is 83.6 cm³/mol. The third-order valence-electron chi connectivity index (χ3n) is 3.16. The molecule has 1 atom stereocenters. The Bertz CT molecular complexity index is 540. The predicted octanol–water partition coefficient (Wildman–Crippen LogP) is 2.46. The average molecular weight is 309 g/mol. The number of amides is 2. The van der Waals surface area contributed by atoms with Gasteiger partial charge in [-0.05, 0) is 25.8 Å². The Morgan fingerprint density at radius 3 is 2.64 bits per heavy atom. The van der Waals surface area contributed by atoms with Gasteiger partial charge >= 0.3 is 6.03 Å². The first kappa shape index (κ1) is 17.9. The molecule has 0 spiro atoms. The number of nitrogens with zero attached hydrogens (tertiary/aromatic N) is 2. The summed E-state index contributed by atoms with van der Waals surface area (Å²) in [5.41, 5.74) is -0.309. The van der Waals surface area contributed by atoms with Crippen molar-refractivity contribution in [3.05, 3.63) is 39.9 Å². The molecule has 2 amide bonds. The summed E-state index contributed by atoms with van der Waals surface area (Å²) in [5.74, 6) is 0. The molecule has 22 heavy (non-hydrogen) atoms. The molecule has 7 nitrogen and oxygen atoms in total. The monoisotopic (exact) mass is 309 g/mol. The third-order valence-corrected chi connectivity index (χ3v) is 3.16. The van der Waals surface area contributed by atoms with Crippen molar-refractivity contribution in [2.24, 2.45) is 0 Å². The highest BCUT2D eigenvalue weighted by molar-refractivity contribution is 5.74. The Balaban J connectivity index is 2.82. The number of carbonyl (C=O) groups is 1. The molecule has 0 aliphatic rings. The van der Waals surface area contributed by atoms with Crippen molar-refractivity contribution in [3.8, 4) is 0 Å². The number of hydrogen-bond acceptors (Lipinski definition) is 4. The van der Waals surface area contributed by atoms with Crippen LogP contribution in [-0.2, 0) is 0 Å². The van der Waals surface area contributed by atoms with Gasteiger partial charge in [0.2, 0.25) is 0 Å². The lowest BCUT2D eigenvalue weighted by Crippen LogP contribution is -2.45. The molecular weight excluding hydrogens is 286 g/mol. The number of nitrogens with one attached hydrogen (secondary N) is 1. The standard InChI is InChI=1S/C15H23N3O4/c1-5-13(11-7-6-8-12(9-11)18(21)22)16-14(19)17(4)10-15(2,3)20/h6-9,13,20H,5,10H2,1-4H3,(H,16,19). The second kappa shape index (κ2) is 7.22. The molecule has 1 rings (SSSR count). The number of carbonyl (C=O) groups excluding carboxylic acids is 1. The minimum Gasteiger partial charge on any atom is -0.389 e. The van der Waals surface area contributed by atoms with Gasteiger partial charge in [-0.3, -0.25) is 10.1 Å². The fourth-order valence-electron chi connectivity index (χ4n) is 2.19. The summed E-state index contributed by atoms with van der Waals surface area (Å²) >= 11 is 0. The van der Waals surface area contributed by atoms with Gasteiger partial charge in [-0.15, -0.1) is 0 Å². The Hall–Kier alpha value is -2.15. The summed E-state index contributed by atoms with van der Waals surface area (Å²) in [6.45, 7) is 5.31. The van der Waals surface area contributed by atoms with E-state index in [1.807, 2.05) is 6.92 Å². The van der Waals surface area contributed by atoms with Crippen molar-refractivity contribution in [2.75, 3.05) is 13.6 Å². The van der Waals surface area contributed by atoms with Crippen LogP contribution in [0.1, 0.15) is 38.8 Å². The smallest absolute Gasteiger partial charge is 0.317 e. The molecule has 0 radical (unpaired) electrons. The van der Waals surface area contributed by atoms with E-state index in [1.165, 1.54) is 17.0 Å². The highest BCUT2D eigenvalue weighted by atomic mass is 16.6.